The summed E-state index contributed by atoms with van der Waals surface area (Å²) in [5.74, 6) is 0.451. The van der Waals surface area contributed by atoms with E-state index in [1.165, 1.54) is 18.9 Å². The molecule has 0 aliphatic heterocycles. The van der Waals surface area contributed by atoms with Crippen molar-refractivity contribution in [3.63, 3.8) is 0 Å². The van der Waals surface area contributed by atoms with E-state index >= 15 is 0 Å². The molecule has 0 bridgehead atoms. The fourth-order valence-corrected chi connectivity index (χ4v) is 0.570. The Morgan fingerprint density at radius 1 is 1.88 bits per heavy atom. The number of ether oxygens (including phenoxy) is 1. The molecule has 0 aromatic carbocycles. The van der Waals surface area contributed by atoms with Gasteiger partial charge in [0, 0.05) is 14.0 Å². The maximum absolute atomic E-state index is 10.1. The monoisotopic (exact) mass is 135 g/mol. The number of carbonyl (C=O) groups excluding carboxylic acids is 1. The highest BCUT2D eigenvalue weighted by atomic mass is 32.2. The lowest BCUT2D eigenvalue weighted by Gasteiger charge is -1.96. The van der Waals surface area contributed by atoms with Crippen molar-refractivity contribution >= 4 is 17.9 Å². The van der Waals surface area contributed by atoms with Gasteiger partial charge in [-0.3, -0.25) is 9.52 Å². The van der Waals surface area contributed by atoms with E-state index in [0.29, 0.717) is 5.94 Å². The van der Waals surface area contributed by atoms with Crippen LogP contribution in [0.25, 0.3) is 0 Å². The van der Waals surface area contributed by atoms with Crippen molar-refractivity contribution in [2.24, 2.45) is 0 Å². The normalized spacial score (nSPS) is 8.75. The van der Waals surface area contributed by atoms with E-state index < -0.39 is 0 Å². The largest absolute Gasteiger partial charge is 0.372 e. The maximum Gasteiger partial charge on any atom is 0.226 e. The van der Waals surface area contributed by atoms with Crippen molar-refractivity contribution in [1.29, 1.82) is 0 Å². The molecule has 0 spiro atoms. The van der Waals surface area contributed by atoms with Gasteiger partial charge in [0.2, 0.25) is 5.91 Å². The van der Waals surface area contributed by atoms with Crippen LogP contribution in [0, 0.1) is 0 Å². The average Bonchev–Trinajstić information content (AvgIpc) is 1.66. The van der Waals surface area contributed by atoms with Crippen LogP contribution in [0.3, 0.4) is 0 Å². The van der Waals surface area contributed by atoms with Gasteiger partial charge < -0.3 is 4.74 Å². The third kappa shape index (κ3) is 5.78. The predicted molar refractivity (Wildman–Crippen MR) is 33.3 cm³/mol. The molecule has 48 valence electrons. The minimum absolute atomic E-state index is 0.0490. The van der Waals surface area contributed by atoms with Crippen LogP contribution < -0.4 is 4.72 Å². The number of hydrogen-bond donors (Lipinski definition) is 1. The molecule has 0 saturated carbocycles. The van der Waals surface area contributed by atoms with Gasteiger partial charge in [-0.25, -0.2) is 0 Å². The van der Waals surface area contributed by atoms with Gasteiger partial charge in [-0.2, -0.15) is 0 Å². The van der Waals surface area contributed by atoms with Gasteiger partial charge in [0.05, 0.1) is 0 Å². The Hall–Kier alpha value is -0.220. The summed E-state index contributed by atoms with van der Waals surface area (Å²) in [5.41, 5.74) is 0. The molecule has 0 aromatic rings. The fourth-order valence-electron chi connectivity index (χ4n) is 0.190. The van der Waals surface area contributed by atoms with Gasteiger partial charge in [0.25, 0.3) is 0 Å². The fraction of sp³-hybridized carbons (Fsp3) is 0.750. The van der Waals surface area contributed by atoms with Crippen LogP contribution in [0.4, 0.5) is 0 Å². The standard InChI is InChI=1S/C4H9NO2S/c1-4(6)5-8-3-7-2/h3H2,1-2H3,(H,5,6). The first kappa shape index (κ1) is 7.78. The summed E-state index contributed by atoms with van der Waals surface area (Å²) in [7, 11) is 1.58. The third-order valence-electron chi connectivity index (χ3n) is 0.393. The Morgan fingerprint density at radius 3 is 2.88 bits per heavy atom. The van der Waals surface area contributed by atoms with E-state index in [0.717, 1.165) is 0 Å². The molecular weight excluding hydrogens is 126 g/mol. The molecule has 0 rings (SSSR count). The highest BCUT2D eigenvalue weighted by molar-refractivity contribution is 7.97. The molecule has 0 aliphatic rings. The summed E-state index contributed by atoms with van der Waals surface area (Å²) in [6, 6.07) is 0. The zero-order valence-corrected chi connectivity index (χ0v) is 5.75. The van der Waals surface area contributed by atoms with Gasteiger partial charge >= 0.3 is 0 Å². The zero-order chi connectivity index (χ0) is 6.41. The lowest BCUT2D eigenvalue weighted by Crippen LogP contribution is -2.11. The van der Waals surface area contributed by atoms with E-state index in [9.17, 15) is 4.79 Å². The Bertz CT molecular complexity index is 76.4. The van der Waals surface area contributed by atoms with Crippen LogP contribution in [0.2, 0.25) is 0 Å². The molecule has 1 amide bonds. The number of carbonyl (C=O) groups is 1. The van der Waals surface area contributed by atoms with Crippen LogP contribution in [-0.4, -0.2) is 19.0 Å². The highest BCUT2D eigenvalue weighted by Gasteiger charge is 1.86. The van der Waals surface area contributed by atoms with Gasteiger partial charge in [0.1, 0.15) is 5.94 Å². The highest BCUT2D eigenvalue weighted by Crippen LogP contribution is 1.89. The summed E-state index contributed by atoms with van der Waals surface area (Å²) in [5, 5.41) is 0. The number of hydrogen-bond acceptors (Lipinski definition) is 3. The predicted octanol–water partition coefficient (Wildman–Crippen LogP) is 0.375. The molecule has 0 saturated heterocycles. The lowest BCUT2D eigenvalue weighted by atomic mass is 10.8. The quantitative estimate of drug-likeness (QED) is 0.345. The van der Waals surface area contributed by atoms with Crippen molar-refractivity contribution in [2.75, 3.05) is 13.0 Å². The van der Waals surface area contributed by atoms with Crippen LogP contribution in [0.1, 0.15) is 6.92 Å². The average molecular weight is 135 g/mol. The van der Waals surface area contributed by atoms with E-state index in [4.69, 9.17) is 0 Å². The van der Waals surface area contributed by atoms with Crippen molar-refractivity contribution in [1.82, 2.24) is 4.72 Å². The van der Waals surface area contributed by atoms with Crippen LogP contribution in [0.5, 0.6) is 0 Å². The first-order valence-corrected chi connectivity index (χ1v) is 3.13. The Morgan fingerprint density at radius 2 is 2.50 bits per heavy atom. The second kappa shape index (κ2) is 4.93. The van der Waals surface area contributed by atoms with Gasteiger partial charge in [-0.1, -0.05) is 0 Å². The SMILES string of the molecule is COCSNC(C)=O. The Labute approximate surface area is 52.9 Å². The molecule has 8 heavy (non-hydrogen) atoms. The molecule has 0 aliphatic carbocycles. The molecule has 4 heteroatoms. The number of rotatable bonds is 3. The molecule has 3 nitrogen and oxygen atoms in total. The molecule has 0 aromatic heterocycles. The minimum atomic E-state index is -0.0490. The Kier molecular flexibility index (Phi) is 4.79. The first-order chi connectivity index (χ1) is 3.77. The minimum Gasteiger partial charge on any atom is -0.372 e. The van der Waals surface area contributed by atoms with Crippen LogP contribution >= 0.6 is 11.9 Å². The van der Waals surface area contributed by atoms with E-state index in [1.54, 1.807) is 7.11 Å². The molecule has 0 radical (unpaired) electrons. The summed E-state index contributed by atoms with van der Waals surface area (Å²) in [6.07, 6.45) is 0. The second-order valence-electron chi connectivity index (χ2n) is 1.21. The zero-order valence-electron chi connectivity index (χ0n) is 4.93. The number of methoxy groups -OCH3 is 1. The summed E-state index contributed by atoms with van der Waals surface area (Å²) in [6.45, 7) is 1.46. The van der Waals surface area contributed by atoms with E-state index in [2.05, 4.69) is 9.46 Å². The van der Waals surface area contributed by atoms with Crippen molar-refractivity contribution in [2.45, 2.75) is 6.92 Å². The summed E-state index contributed by atoms with van der Waals surface area (Å²) >= 11 is 1.24. The topological polar surface area (TPSA) is 38.3 Å². The van der Waals surface area contributed by atoms with Crippen molar-refractivity contribution in [3.05, 3.63) is 0 Å². The van der Waals surface area contributed by atoms with Gasteiger partial charge in [-0.05, 0) is 11.9 Å². The van der Waals surface area contributed by atoms with Crippen LogP contribution in [-0.2, 0) is 9.53 Å². The molecular formula is C4H9NO2S. The molecule has 0 fully saturated rings. The molecule has 0 atom stereocenters. The lowest BCUT2D eigenvalue weighted by molar-refractivity contribution is -0.117. The number of amides is 1. The van der Waals surface area contributed by atoms with E-state index in [-0.39, 0.29) is 5.91 Å². The van der Waals surface area contributed by atoms with E-state index in [1.807, 2.05) is 0 Å². The second-order valence-corrected chi connectivity index (χ2v) is 1.94. The Balaban J connectivity index is 2.82. The smallest absolute Gasteiger partial charge is 0.226 e. The maximum atomic E-state index is 10.1. The first-order valence-electron chi connectivity index (χ1n) is 2.14. The molecule has 1 N–H and O–H groups in total. The molecule has 0 heterocycles. The summed E-state index contributed by atoms with van der Waals surface area (Å²) in [4.78, 5) is 10.1. The van der Waals surface area contributed by atoms with Gasteiger partial charge in [0.15, 0.2) is 0 Å². The summed E-state index contributed by atoms with van der Waals surface area (Å²) < 4.78 is 7.14. The van der Waals surface area contributed by atoms with Crippen molar-refractivity contribution < 1.29 is 9.53 Å². The van der Waals surface area contributed by atoms with Crippen LogP contribution in [0.15, 0.2) is 0 Å². The van der Waals surface area contributed by atoms with Gasteiger partial charge in [-0.15, -0.1) is 0 Å². The third-order valence-corrected chi connectivity index (χ3v) is 1.18. The van der Waals surface area contributed by atoms with Crippen molar-refractivity contribution in [3.8, 4) is 0 Å². The molecule has 0 unspecified atom stereocenters. The number of nitrogens with one attached hydrogen (secondary N) is 1.